The normalized spacial score (nSPS) is 37.9. The van der Waals surface area contributed by atoms with Gasteiger partial charge < -0.3 is 9.47 Å². The van der Waals surface area contributed by atoms with Crippen molar-refractivity contribution >= 4 is 5.78 Å². The maximum Gasteiger partial charge on any atom is 0.165 e. The lowest BCUT2D eigenvalue weighted by atomic mass is 9.79. The van der Waals surface area contributed by atoms with Crippen LogP contribution in [0.25, 0.3) is 0 Å². The summed E-state index contributed by atoms with van der Waals surface area (Å²) in [6.45, 7) is 1.33. The Morgan fingerprint density at radius 3 is 2.61 bits per heavy atom. The van der Waals surface area contributed by atoms with E-state index in [1.54, 1.807) is 7.11 Å². The van der Waals surface area contributed by atoms with Gasteiger partial charge in [0.1, 0.15) is 5.60 Å². The molecule has 3 atom stereocenters. The molecule has 1 saturated heterocycles. The molecule has 2 saturated carbocycles. The summed E-state index contributed by atoms with van der Waals surface area (Å²) in [7, 11) is 1.68. The molecule has 2 bridgehead atoms. The Morgan fingerprint density at radius 2 is 2.06 bits per heavy atom. The van der Waals surface area contributed by atoms with Gasteiger partial charge in [-0.25, -0.2) is 0 Å². The Morgan fingerprint density at radius 1 is 1.28 bits per heavy atom. The Kier molecular flexibility index (Phi) is 3.46. The predicted octanol–water partition coefficient (Wildman–Crippen LogP) is 2.58. The Bertz CT molecular complexity index is 320. The molecule has 0 amide bonds. The largest absolute Gasteiger partial charge is 0.381 e. The van der Waals surface area contributed by atoms with Gasteiger partial charge in [0, 0.05) is 39.6 Å². The fourth-order valence-electron chi connectivity index (χ4n) is 4.35. The maximum absolute atomic E-state index is 12.6. The van der Waals surface area contributed by atoms with Crippen LogP contribution in [-0.4, -0.2) is 31.7 Å². The average Bonchev–Trinajstić information content (AvgIpc) is 3.01. The van der Waals surface area contributed by atoms with Crippen molar-refractivity contribution in [2.45, 2.75) is 50.5 Å². The third-order valence-corrected chi connectivity index (χ3v) is 5.53. The topological polar surface area (TPSA) is 35.5 Å². The third-order valence-electron chi connectivity index (χ3n) is 5.53. The van der Waals surface area contributed by atoms with E-state index in [4.69, 9.17) is 9.47 Å². The molecular formula is C15H24O3. The van der Waals surface area contributed by atoms with E-state index in [-0.39, 0.29) is 0 Å². The van der Waals surface area contributed by atoms with Gasteiger partial charge in [0.25, 0.3) is 0 Å². The van der Waals surface area contributed by atoms with Gasteiger partial charge >= 0.3 is 0 Å². The minimum absolute atomic E-state index is 0.339. The Balaban J connectivity index is 1.63. The molecule has 3 heteroatoms. The van der Waals surface area contributed by atoms with Gasteiger partial charge in [-0.2, -0.15) is 0 Å². The van der Waals surface area contributed by atoms with Crippen LogP contribution >= 0.6 is 0 Å². The molecule has 1 heterocycles. The predicted molar refractivity (Wildman–Crippen MR) is 68.4 cm³/mol. The molecule has 3 aliphatic rings. The van der Waals surface area contributed by atoms with E-state index in [9.17, 15) is 4.79 Å². The first kappa shape index (κ1) is 12.6. The number of ether oxygens (including phenoxy) is 2. The van der Waals surface area contributed by atoms with Gasteiger partial charge in [0.2, 0.25) is 0 Å². The molecule has 3 nitrogen and oxygen atoms in total. The smallest absolute Gasteiger partial charge is 0.165 e. The zero-order valence-corrected chi connectivity index (χ0v) is 11.3. The molecule has 0 aromatic rings. The molecule has 18 heavy (non-hydrogen) atoms. The molecule has 102 valence electrons. The highest BCUT2D eigenvalue weighted by molar-refractivity contribution is 5.87. The molecule has 1 aliphatic heterocycles. The summed E-state index contributed by atoms with van der Waals surface area (Å²) < 4.78 is 11.0. The van der Waals surface area contributed by atoms with Crippen molar-refractivity contribution in [1.82, 2.24) is 0 Å². The zero-order chi connectivity index (χ0) is 12.6. The van der Waals surface area contributed by atoms with Crippen LogP contribution in [0.3, 0.4) is 0 Å². The summed E-state index contributed by atoms with van der Waals surface area (Å²) in [4.78, 5) is 12.6. The highest BCUT2D eigenvalue weighted by Gasteiger charge is 2.45. The quantitative estimate of drug-likeness (QED) is 0.771. The second kappa shape index (κ2) is 4.93. The molecule has 3 rings (SSSR count). The number of hydrogen-bond donors (Lipinski definition) is 0. The van der Waals surface area contributed by atoms with Crippen LogP contribution in [0.4, 0.5) is 0 Å². The van der Waals surface area contributed by atoms with Crippen molar-refractivity contribution in [3.05, 3.63) is 0 Å². The molecule has 0 aromatic carbocycles. The van der Waals surface area contributed by atoms with Crippen LogP contribution in [0.5, 0.6) is 0 Å². The van der Waals surface area contributed by atoms with E-state index in [0.29, 0.717) is 24.9 Å². The molecule has 0 N–H and O–H groups in total. The standard InChI is InChI=1S/C15H24O3/c1-17-15(4-6-18-7-5-15)14(16)10-13-9-11-2-3-12(13)8-11/h11-13H,2-10H2,1H3. The van der Waals surface area contributed by atoms with Crippen LogP contribution < -0.4 is 0 Å². The van der Waals surface area contributed by atoms with Crippen LogP contribution in [0.2, 0.25) is 0 Å². The van der Waals surface area contributed by atoms with E-state index < -0.39 is 5.60 Å². The van der Waals surface area contributed by atoms with Gasteiger partial charge in [-0.15, -0.1) is 0 Å². The Hall–Kier alpha value is -0.410. The highest BCUT2D eigenvalue weighted by Crippen LogP contribution is 2.50. The van der Waals surface area contributed by atoms with Gasteiger partial charge in [-0.3, -0.25) is 4.79 Å². The zero-order valence-electron chi connectivity index (χ0n) is 11.3. The lowest BCUT2D eigenvalue weighted by Crippen LogP contribution is -2.46. The second-order valence-electron chi connectivity index (χ2n) is 6.37. The lowest BCUT2D eigenvalue weighted by molar-refractivity contribution is -0.154. The fraction of sp³-hybridized carbons (Fsp3) is 0.933. The summed E-state index contributed by atoms with van der Waals surface area (Å²) in [6.07, 6.45) is 7.64. The van der Waals surface area contributed by atoms with Crippen LogP contribution in [0.1, 0.15) is 44.9 Å². The summed E-state index contributed by atoms with van der Waals surface area (Å²) in [5, 5.41) is 0. The third kappa shape index (κ3) is 2.12. The molecule has 0 radical (unpaired) electrons. The van der Waals surface area contributed by atoms with Gasteiger partial charge in [-0.1, -0.05) is 6.42 Å². The minimum Gasteiger partial charge on any atom is -0.381 e. The molecule has 3 unspecified atom stereocenters. The summed E-state index contributed by atoms with van der Waals surface area (Å²) in [5.41, 5.74) is -0.528. The summed E-state index contributed by atoms with van der Waals surface area (Å²) in [5.74, 6) is 2.73. The van der Waals surface area contributed by atoms with Crippen LogP contribution in [0.15, 0.2) is 0 Å². The number of hydrogen-bond acceptors (Lipinski definition) is 3. The van der Waals surface area contributed by atoms with Gasteiger partial charge in [-0.05, 0) is 37.0 Å². The first-order chi connectivity index (χ1) is 8.73. The van der Waals surface area contributed by atoms with Gasteiger partial charge in [0.15, 0.2) is 5.78 Å². The van der Waals surface area contributed by atoms with Crippen molar-refractivity contribution in [2.75, 3.05) is 20.3 Å². The summed E-state index contributed by atoms with van der Waals surface area (Å²) >= 11 is 0. The first-order valence-corrected chi connectivity index (χ1v) is 7.40. The van der Waals surface area contributed by atoms with E-state index in [1.807, 2.05) is 0 Å². The molecule has 3 fully saturated rings. The number of rotatable bonds is 4. The summed E-state index contributed by atoms with van der Waals surface area (Å²) in [6, 6.07) is 0. The van der Waals surface area contributed by atoms with E-state index >= 15 is 0 Å². The SMILES string of the molecule is COC1(C(=O)CC2CC3CCC2C3)CCOCC1. The van der Waals surface area contributed by atoms with E-state index in [1.165, 1.54) is 25.7 Å². The average molecular weight is 252 g/mol. The number of Topliss-reactive ketones (excluding diaryl/α,β-unsaturated/α-hetero) is 1. The number of methoxy groups -OCH3 is 1. The number of fused-ring (bicyclic) bond motifs is 2. The van der Waals surface area contributed by atoms with E-state index in [2.05, 4.69) is 0 Å². The van der Waals surface area contributed by atoms with Crippen molar-refractivity contribution in [2.24, 2.45) is 17.8 Å². The maximum atomic E-state index is 12.6. The molecular weight excluding hydrogens is 228 g/mol. The first-order valence-electron chi connectivity index (χ1n) is 7.40. The van der Waals surface area contributed by atoms with Gasteiger partial charge in [0.05, 0.1) is 0 Å². The number of carbonyl (C=O) groups excluding carboxylic acids is 1. The van der Waals surface area contributed by atoms with Crippen molar-refractivity contribution < 1.29 is 14.3 Å². The molecule has 2 aliphatic carbocycles. The second-order valence-corrected chi connectivity index (χ2v) is 6.37. The van der Waals surface area contributed by atoms with Crippen molar-refractivity contribution in [3.63, 3.8) is 0 Å². The molecule has 0 aromatic heterocycles. The minimum atomic E-state index is -0.528. The van der Waals surface area contributed by atoms with Crippen LogP contribution in [0, 0.1) is 17.8 Å². The number of carbonyl (C=O) groups is 1. The monoisotopic (exact) mass is 252 g/mol. The highest BCUT2D eigenvalue weighted by atomic mass is 16.5. The number of ketones is 1. The lowest BCUT2D eigenvalue weighted by Gasteiger charge is -2.36. The van der Waals surface area contributed by atoms with Crippen LogP contribution in [-0.2, 0) is 14.3 Å². The van der Waals surface area contributed by atoms with E-state index in [0.717, 1.165) is 31.1 Å². The fourth-order valence-corrected chi connectivity index (χ4v) is 4.35. The molecule has 0 spiro atoms. The van der Waals surface area contributed by atoms with Crippen molar-refractivity contribution in [3.8, 4) is 0 Å². The Labute approximate surface area is 109 Å². The van der Waals surface area contributed by atoms with Crippen molar-refractivity contribution in [1.29, 1.82) is 0 Å².